The lowest BCUT2D eigenvalue weighted by Crippen LogP contribution is -2.60. The third-order valence-electron chi connectivity index (χ3n) is 7.36. The van der Waals surface area contributed by atoms with E-state index in [9.17, 15) is 43.5 Å². The maximum atomic E-state index is 13.6. The van der Waals surface area contributed by atoms with E-state index >= 15 is 0 Å². The van der Waals surface area contributed by atoms with E-state index in [1.807, 2.05) is 0 Å². The van der Waals surface area contributed by atoms with Crippen LogP contribution in [0.4, 0.5) is 0 Å². The van der Waals surface area contributed by atoms with Gasteiger partial charge < -0.3 is 51.8 Å². The lowest BCUT2D eigenvalue weighted by atomic mass is 10.0. The predicted octanol–water partition coefficient (Wildman–Crippen LogP) is -2.45. The van der Waals surface area contributed by atoms with Crippen LogP contribution in [0.15, 0.2) is 54.6 Å². The molecule has 2 aromatic carbocycles. The van der Waals surface area contributed by atoms with Crippen molar-refractivity contribution in [1.82, 2.24) is 26.6 Å². The molecule has 0 saturated carbocycles. The third-order valence-corrected chi connectivity index (χ3v) is 7.81. The molecule has 5 amide bonds. The van der Waals surface area contributed by atoms with Crippen LogP contribution in [0.25, 0.3) is 0 Å². The van der Waals surface area contributed by atoms with Gasteiger partial charge in [-0.2, -0.15) is 0 Å². The zero-order valence-electron chi connectivity index (χ0n) is 28.2. The van der Waals surface area contributed by atoms with Crippen molar-refractivity contribution in [3.8, 4) is 5.75 Å². The van der Waals surface area contributed by atoms with Gasteiger partial charge in [0.2, 0.25) is 29.5 Å². The number of aliphatic hydroxyl groups excluding tert-OH is 2. The van der Waals surface area contributed by atoms with E-state index in [-0.39, 0.29) is 18.6 Å². The first kappa shape index (κ1) is 42.5. The fourth-order valence-electron chi connectivity index (χ4n) is 4.56. The van der Waals surface area contributed by atoms with Crippen molar-refractivity contribution in [3.63, 3.8) is 0 Å². The lowest BCUT2D eigenvalue weighted by molar-refractivity contribution is -0.135. The van der Waals surface area contributed by atoms with Gasteiger partial charge in [0.15, 0.2) is 0 Å². The average molecular weight is 737 g/mol. The number of phosphoric ester groups is 1. The Morgan fingerprint density at radius 1 is 0.725 bits per heavy atom. The van der Waals surface area contributed by atoms with Crippen molar-refractivity contribution in [1.29, 1.82) is 0 Å². The van der Waals surface area contributed by atoms with Crippen LogP contribution in [0.1, 0.15) is 31.9 Å². The monoisotopic (exact) mass is 736 g/mol. The molecular formula is C32H45N6O12P. The number of amides is 5. The molecule has 51 heavy (non-hydrogen) atoms. The van der Waals surface area contributed by atoms with Gasteiger partial charge >= 0.3 is 7.82 Å². The largest absolute Gasteiger partial charge is 0.524 e. The number of nitrogens with one attached hydrogen (secondary N) is 5. The Bertz CT molecular complexity index is 1540. The Labute approximate surface area is 294 Å². The van der Waals surface area contributed by atoms with Gasteiger partial charge in [-0.05, 0) is 42.5 Å². The minimum absolute atomic E-state index is 0.159. The maximum Gasteiger partial charge on any atom is 0.524 e. The van der Waals surface area contributed by atoms with Gasteiger partial charge in [-0.1, -0.05) is 56.3 Å². The van der Waals surface area contributed by atoms with Crippen molar-refractivity contribution >= 4 is 43.6 Å². The van der Waals surface area contributed by atoms with Crippen molar-refractivity contribution in [2.45, 2.75) is 69.9 Å². The first-order valence-electron chi connectivity index (χ1n) is 15.8. The molecule has 0 unspecified atom stereocenters. The maximum absolute atomic E-state index is 13.6. The van der Waals surface area contributed by atoms with Crippen molar-refractivity contribution < 1.29 is 57.9 Å². The molecule has 0 aromatic heterocycles. The molecule has 0 spiro atoms. The highest BCUT2D eigenvalue weighted by Crippen LogP contribution is 2.37. The van der Waals surface area contributed by atoms with Gasteiger partial charge in [0.1, 0.15) is 42.2 Å². The molecule has 2 aromatic rings. The van der Waals surface area contributed by atoms with Crippen LogP contribution >= 0.6 is 7.82 Å². The highest BCUT2D eigenvalue weighted by molar-refractivity contribution is 7.46. The van der Waals surface area contributed by atoms with E-state index in [0.29, 0.717) is 11.8 Å². The van der Waals surface area contributed by atoms with Gasteiger partial charge in [0.05, 0.1) is 19.3 Å². The Kier molecular flexibility index (Phi) is 16.8. The SMILES string of the molecule is CC(C)[C@H](NC(=O)[C@H](Cc1ccc(OP(=O)(O)O)cc1)NC(=O)[C@H](C)NC(=O)[C@H](CO)NC(=O)[C@@H](N)Cc1ccccc1)C(=O)N[C@H](C=O)CO. The van der Waals surface area contributed by atoms with E-state index in [2.05, 4.69) is 31.1 Å². The summed E-state index contributed by atoms with van der Waals surface area (Å²) in [5.74, 6) is -4.86. The van der Waals surface area contributed by atoms with E-state index < -0.39 is 92.7 Å². The van der Waals surface area contributed by atoms with Gasteiger partial charge in [-0.15, -0.1) is 0 Å². The highest BCUT2D eigenvalue weighted by Gasteiger charge is 2.32. The number of aldehydes is 1. The molecule has 2 rings (SSSR count). The summed E-state index contributed by atoms with van der Waals surface area (Å²) in [4.78, 5) is 94.6. The molecule has 0 aliphatic rings. The van der Waals surface area contributed by atoms with Crippen LogP contribution in [0.5, 0.6) is 5.75 Å². The van der Waals surface area contributed by atoms with Crippen molar-refractivity contribution in [3.05, 3.63) is 65.7 Å². The smallest absolute Gasteiger partial charge is 0.404 e. The van der Waals surface area contributed by atoms with E-state index in [4.69, 9.17) is 15.5 Å². The molecular weight excluding hydrogens is 691 g/mol. The van der Waals surface area contributed by atoms with Crippen LogP contribution in [-0.4, -0.2) is 105 Å². The van der Waals surface area contributed by atoms with Crippen LogP contribution in [0.3, 0.4) is 0 Å². The fraction of sp³-hybridized carbons (Fsp3) is 0.438. The first-order chi connectivity index (χ1) is 24.0. The number of carbonyl (C=O) groups is 6. The van der Waals surface area contributed by atoms with Crippen LogP contribution in [-0.2, 0) is 46.2 Å². The summed E-state index contributed by atoms with van der Waals surface area (Å²) in [7, 11) is -4.85. The molecule has 0 radical (unpaired) electrons. The van der Waals surface area contributed by atoms with Crippen LogP contribution in [0, 0.1) is 5.92 Å². The number of benzene rings is 2. The Morgan fingerprint density at radius 2 is 1.29 bits per heavy atom. The molecule has 0 aliphatic heterocycles. The van der Waals surface area contributed by atoms with Gasteiger partial charge in [-0.3, -0.25) is 33.8 Å². The first-order valence-corrected chi connectivity index (χ1v) is 17.3. The Morgan fingerprint density at radius 3 is 1.82 bits per heavy atom. The van der Waals surface area contributed by atoms with Gasteiger partial charge in [0.25, 0.3) is 0 Å². The quantitative estimate of drug-likeness (QED) is 0.0500. The number of nitrogens with two attached hydrogens (primary N) is 1. The molecule has 280 valence electrons. The van der Waals surface area contributed by atoms with Crippen molar-refractivity contribution in [2.75, 3.05) is 13.2 Å². The molecule has 11 N–H and O–H groups in total. The second kappa shape index (κ2) is 20.2. The minimum Gasteiger partial charge on any atom is -0.404 e. The average Bonchev–Trinajstić information content (AvgIpc) is 3.07. The molecule has 0 saturated heterocycles. The van der Waals surface area contributed by atoms with Crippen LogP contribution < -0.4 is 36.8 Å². The minimum atomic E-state index is -4.85. The summed E-state index contributed by atoms with van der Waals surface area (Å²) in [5.41, 5.74) is 7.13. The number of aliphatic hydroxyl groups is 2. The van der Waals surface area contributed by atoms with Crippen molar-refractivity contribution in [2.24, 2.45) is 11.7 Å². The summed E-state index contributed by atoms with van der Waals surface area (Å²) in [6, 6.07) is 6.40. The number of hydrogen-bond donors (Lipinski definition) is 10. The predicted molar refractivity (Wildman–Crippen MR) is 181 cm³/mol. The molecule has 6 atom stereocenters. The normalized spacial score (nSPS) is 14.8. The number of rotatable bonds is 20. The summed E-state index contributed by atoms with van der Waals surface area (Å²) in [5, 5.41) is 31.1. The topological polar surface area (TPSA) is 296 Å². The van der Waals surface area contributed by atoms with E-state index in [0.717, 1.165) is 5.56 Å². The molecule has 19 heteroatoms. The number of carbonyl (C=O) groups excluding carboxylic acids is 6. The Balaban J connectivity index is 2.20. The van der Waals surface area contributed by atoms with E-state index in [1.54, 1.807) is 44.2 Å². The summed E-state index contributed by atoms with van der Waals surface area (Å²) >= 11 is 0. The van der Waals surface area contributed by atoms with Gasteiger partial charge in [0, 0.05) is 6.42 Å². The lowest BCUT2D eigenvalue weighted by Gasteiger charge is -2.27. The zero-order valence-corrected chi connectivity index (χ0v) is 29.1. The molecule has 0 heterocycles. The summed E-state index contributed by atoms with van der Waals surface area (Å²) in [6.45, 7) is 2.99. The molecule has 18 nitrogen and oxygen atoms in total. The second-order valence-corrected chi connectivity index (χ2v) is 13.1. The molecule has 0 bridgehead atoms. The summed E-state index contributed by atoms with van der Waals surface area (Å²) in [6.07, 6.45) is 0.261. The highest BCUT2D eigenvalue weighted by atomic mass is 31.2. The summed E-state index contributed by atoms with van der Waals surface area (Å²) < 4.78 is 15.7. The number of phosphoric acid groups is 1. The standard InChI is InChI=1S/C32H45N6O12P/c1-18(2)27(32(46)35-22(15-39)16-40)38-30(44)25(14-21-9-11-23(12-10-21)50-51(47,48)49)36-28(42)19(3)34-31(45)26(17-41)37-29(43)24(33)13-20-7-5-4-6-8-20/h4-12,15,18-19,22,24-27,40-41H,13-14,16-17,33H2,1-3H3,(H,34,45)(H,35,46)(H,36,42)(H,37,43)(H,38,44)(H2,47,48,49)/t19-,22+,24-,25-,26-,27-/m0/s1. The molecule has 0 fully saturated rings. The second-order valence-electron chi connectivity index (χ2n) is 11.9. The molecule has 0 aliphatic carbocycles. The van der Waals surface area contributed by atoms with Crippen LogP contribution in [0.2, 0.25) is 0 Å². The zero-order chi connectivity index (χ0) is 38.3. The van der Waals surface area contributed by atoms with E-state index in [1.165, 1.54) is 31.2 Å². The number of hydrogen-bond acceptors (Lipinski definition) is 11. The van der Waals surface area contributed by atoms with Gasteiger partial charge in [-0.25, -0.2) is 4.57 Å². The Hall–Kier alpha value is -4.71. The fourth-order valence-corrected chi connectivity index (χ4v) is 4.96. The third kappa shape index (κ3) is 14.6.